The molecule has 24 heavy (non-hydrogen) atoms. The Bertz CT molecular complexity index is 620. The van der Waals surface area contributed by atoms with E-state index in [4.69, 9.17) is 9.47 Å². The first kappa shape index (κ1) is 17.8. The Kier molecular flexibility index (Phi) is 6.60. The van der Waals surface area contributed by atoms with Crippen LogP contribution in [-0.4, -0.2) is 38.3 Å². The van der Waals surface area contributed by atoms with E-state index in [0.29, 0.717) is 17.1 Å². The van der Waals surface area contributed by atoms with Gasteiger partial charge in [0.05, 0.1) is 26.3 Å². The summed E-state index contributed by atoms with van der Waals surface area (Å²) in [5, 5.41) is 6.67. The summed E-state index contributed by atoms with van der Waals surface area (Å²) in [7, 11) is 3.01. The maximum Gasteiger partial charge on any atom is 0.259 e. The molecule has 0 aliphatic heterocycles. The van der Waals surface area contributed by atoms with Gasteiger partial charge in [-0.2, -0.15) is 5.10 Å². The van der Waals surface area contributed by atoms with Gasteiger partial charge < -0.3 is 14.8 Å². The Labute approximate surface area is 141 Å². The van der Waals surface area contributed by atoms with Crippen LogP contribution < -0.4 is 20.2 Å². The van der Waals surface area contributed by atoms with Crippen LogP contribution in [0.2, 0.25) is 0 Å². The number of hydrogen-bond acceptors (Lipinski definition) is 5. The molecule has 0 unspecified atom stereocenters. The molecule has 1 aromatic rings. The molecule has 1 aliphatic rings. The third-order valence-corrected chi connectivity index (χ3v) is 3.83. The van der Waals surface area contributed by atoms with Crippen molar-refractivity contribution in [2.24, 2.45) is 5.10 Å². The third-order valence-electron chi connectivity index (χ3n) is 3.83. The number of benzene rings is 1. The van der Waals surface area contributed by atoms with E-state index in [1.54, 1.807) is 18.2 Å². The zero-order valence-electron chi connectivity index (χ0n) is 14.1. The van der Waals surface area contributed by atoms with Crippen molar-refractivity contribution < 1.29 is 19.1 Å². The lowest BCUT2D eigenvalue weighted by atomic mass is 9.99. The molecule has 0 spiro atoms. The Hall–Kier alpha value is -2.57. The highest BCUT2D eigenvalue weighted by molar-refractivity contribution is 5.99. The molecular weight excluding hydrogens is 310 g/mol. The standard InChI is InChI=1S/C17H23N3O4/c1-23-13-8-9-14(15(10-13)24-2)17(22)18-11-16(21)20-19-12-6-4-3-5-7-12/h8-10H,3-7,11H2,1-2H3,(H,18,22)(H,20,21). The average molecular weight is 333 g/mol. The minimum absolute atomic E-state index is 0.148. The lowest BCUT2D eigenvalue weighted by Crippen LogP contribution is -2.35. The van der Waals surface area contributed by atoms with E-state index in [-0.39, 0.29) is 12.5 Å². The van der Waals surface area contributed by atoms with Gasteiger partial charge in [0.25, 0.3) is 11.8 Å². The summed E-state index contributed by atoms with van der Waals surface area (Å²) in [4.78, 5) is 24.0. The number of nitrogens with zero attached hydrogens (tertiary/aromatic N) is 1. The van der Waals surface area contributed by atoms with E-state index in [2.05, 4.69) is 15.8 Å². The monoisotopic (exact) mass is 333 g/mol. The highest BCUT2D eigenvalue weighted by atomic mass is 16.5. The van der Waals surface area contributed by atoms with Crippen LogP contribution in [0.1, 0.15) is 42.5 Å². The fraction of sp³-hybridized carbons (Fsp3) is 0.471. The van der Waals surface area contributed by atoms with Crippen molar-refractivity contribution in [2.75, 3.05) is 20.8 Å². The van der Waals surface area contributed by atoms with Gasteiger partial charge in [0, 0.05) is 11.8 Å². The van der Waals surface area contributed by atoms with Gasteiger partial charge >= 0.3 is 0 Å². The van der Waals surface area contributed by atoms with Gasteiger partial charge in [-0.15, -0.1) is 0 Å². The normalized spacial score (nSPS) is 13.8. The van der Waals surface area contributed by atoms with Crippen LogP contribution in [0.15, 0.2) is 23.3 Å². The summed E-state index contributed by atoms with van der Waals surface area (Å²) in [6, 6.07) is 4.86. The number of carbonyl (C=O) groups is 2. The first-order valence-electron chi connectivity index (χ1n) is 7.98. The summed E-state index contributed by atoms with van der Waals surface area (Å²) in [5.74, 6) is 0.225. The number of ether oxygens (including phenoxy) is 2. The van der Waals surface area contributed by atoms with E-state index < -0.39 is 5.91 Å². The van der Waals surface area contributed by atoms with Gasteiger partial charge in [-0.3, -0.25) is 9.59 Å². The number of methoxy groups -OCH3 is 2. The molecule has 2 amide bonds. The number of rotatable bonds is 6. The quantitative estimate of drug-likeness (QED) is 0.778. The first-order valence-corrected chi connectivity index (χ1v) is 7.98. The smallest absolute Gasteiger partial charge is 0.259 e. The van der Waals surface area contributed by atoms with E-state index in [0.717, 1.165) is 31.4 Å². The van der Waals surface area contributed by atoms with Gasteiger partial charge in [0.15, 0.2) is 0 Å². The second-order valence-corrected chi connectivity index (χ2v) is 5.52. The molecule has 1 fully saturated rings. The van der Waals surface area contributed by atoms with Crippen molar-refractivity contribution in [3.8, 4) is 11.5 Å². The molecule has 0 heterocycles. The molecule has 7 nitrogen and oxygen atoms in total. The molecule has 1 saturated carbocycles. The van der Waals surface area contributed by atoms with Crippen LogP contribution >= 0.6 is 0 Å². The van der Waals surface area contributed by atoms with Crippen molar-refractivity contribution in [3.05, 3.63) is 23.8 Å². The Morgan fingerprint density at radius 3 is 2.54 bits per heavy atom. The number of hydrazone groups is 1. The number of hydrogen-bond donors (Lipinski definition) is 2. The van der Waals surface area contributed by atoms with Gasteiger partial charge in [-0.1, -0.05) is 6.42 Å². The summed E-state index contributed by atoms with van der Waals surface area (Å²) in [5.41, 5.74) is 3.84. The molecule has 0 bridgehead atoms. The summed E-state index contributed by atoms with van der Waals surface area (Å²) in [6.07, 6.45) is 5.30. The lowest BCUT2D eigenvalue weighted by Gasteiger charge is -2.12. The minimum Gasteiger partial charge on any atom is -0.497 e. The van der Waals surface area contributed by atoms with Crippen molar-refractivity contribution in [3.63, 3.8) is 0 Å². The van der Waals surface area contributed by atoms with Crippen molar-refractivity contribution in [1.82, 2.24) is 10.7 Å². The highest BCUT2D eigenvalue weighted by Crippen LogP contribution is 2.24. The molecule has 1 aromatic carbocycles. The molecule has 0 radical (unpaired) electrons. The molecule has 2 rings (SSSR count). The van der Waals surface area contributed by atoms with Crippen LogP contribution in [-0.2, 0) is 4.79 Å². The highest BCUT2D eigenvalue weighted by Gasteiger charge is 2.14. The molecule has 0 aromatic heterocycles. The van der Waals surface area contributed by atoms with Crippen molar-refractivity contribution in [2.45, 2.75) is 32.1 Å². The Morgan fingerprint density at radius 1 is 1.12 bits per heavy atom. The molecule has 0 atom stereocenters. The van der Waals surface area contributed by atoms with Crippen LogP contribution in [0.25, 0.3) is 0 Å². The van der Waals surface area contributed by atoms with Crippen LogP contribution in [0, 0.1) is 0 Å². The van der Waals surface area contributed by atoms with Crippen molar-refractivity contribution in [1.29, 1.82) is 0 Å². The van der Waals surface area contributed by atoms with Gasteiger partial charge in [-0.05, 0) is 37.8 Å². The predicted octanol–water partition coefficient (Wildman–Crippen LogP) is 1.87. The fourth-order valence-corrected chi connectivity index (χ4v) is 2.49. The van der Waals surface area contributed by atoms with Crippen LogP contribution in [0.3, 0.4) is 0 Å². The molecule has 2 N–H and O–H groups in total. The molecule has 0 saturated heterocycles. The topological polar surface area (TPSA) is 89.0 Å². The minimum atomic E-state index is -0.394. The zero-order valence-corrected chi connectivity index (χ0v) is 14.1. The van der Waals surface area contributed by atoms with Gasteiger partial charge in [-0.25, -0.2) is 5.43 Å². The van der Waals surface area contributed by atoms with Crippen molar-refractivity contribution >= 4 is 17.5 Å². The van der Waals surface area contributed by atoms with Gasteiger partial charge in [0.2, 0.25) is 0 Å². The second-order valence-electron chi connectivity index (χ2n) is 5.52. The third kappa shape index (κ3) is 4.97. The molecule has 7 heteroatoms. The summed E-state index contributed by atoms with van der Waals surface area (Å²) < 4.78 is 10.3. The maximum atomic E-state index is 12.2. The second kappa shape index (κ2) is 8.90. The molecule has 1 aliphatic carbocycles. The fourth-order valence-electron chi connectivity index (χ4n) is 2.49. The number of carbonyl (C=O) groups excluding carboxylic acids is 2. The largest absolute Gasteiger partial charge is 0.497 e. The number of amides is 2. The van der Waals surface area contributed by atoms with E-state index in [1.807, 2.05) is 0 Å². The van der Waals surface area contributed by atoms with E-state index >= 15 is 0 Å². The molecular formula is C17H23N3O4. The number of nitrogens with one attached hydrogen (secondary N) is 2. The maximum absolute atomic E-state index is 12.2. The van der Waals surface area contributed by atoms with Gasteiger partial charge in [0.1, 0.15) is 11.5 Å². The summed E-state index contributed by atoms with van der Waals surface area (Å²) in [6.45, 7) is -0.148. The SMILES string of the molecule is COc1ccc(C(=O)NCC(=O)NN=C2CCCCC2)c(OC)c1. The molecule has 130 valence electrons. The van der Waals surface area contributed by atoms with Crippen LogP contribution in [0.5, 0.6) is 11.5 Å². The van der Waals surface area contributed by atoms with E-state index in [1.165, 1.54) is 20.6 Å². The van der Waals surface area contributed by atoms with Crippen LogP contribution in [0.4, 0.5) is 0 Å². The average Bonchev–Trinajstić information content (AvgIpc) is 2.64. The Balaban J connectivity index is 1.87. The van der Waals surface area contributed by atoms with E-state index in [9.17, 15) is 9.59 Å². The Morgan fingerprint density at radius 2 is 1.88 bits per heavy atom. The first-order chi connectivity index (χ1) is 11.6. The lowest BCUT2D eigenvalue weighted by molar-refractivity contribution is -0.120. The predicted molar refractivity (Wildman–Crippen MR) is 90.5 cm³/mol. The zero-order chi connectivity index (χ0) is 17.4. The summed E-state index contributed by atoms with van der Waals surface area (Å²) >= 11 is 0.